The van der Waals surface area contributed by atoms with E-state index in [0.29, 0.717) is 5.69 Å². The molecule has 0 heterocycles. The lowest BCUT2D eigenvalue weighted by Gasteiger charge is -2.12. The van der Waals surface area contributed by atoms with Crippen molar-refractivity contribution in [3.8, 4) is 0 Å². The molecular weight excluding hydrogens is 261 g/mol. The molecule has 1 rings (SSSR count). The Labute approximate surface area is 110 Å². The number of carbonyl (C=O) groups is 1. The van der Waals surface area contributed by atoms with E-state index < -0.39 is 17.9 Å². The van der Waals surface area contributed by atoms with E-state index in [9.17, 15) is 14.3 Å². The highest BCUT2D eigenvalue weighted by Crippen LogP contribution is 2.18. The maximum atomic E-state index is 13.0. The molecule has 0 amide bonds. The first-order valence-electron chi connectivity index (χ1n) is 5.55. The van der Waals surface area contributed by atoms with Crippen LogP contribution in [0.4, 0.5) is 10.1 Å². The van der Waals surface area contributed by atoms with Crippen molar-refractivity contribution < 1.29 is 19.0 Å². The third kappa shape index (κ3) is 5.33. The van der Waals surface area contributed by atoms with Gasteiger partial charge < -0.3 is 15.2 Å². The Morgan fingerprint density at radius 3 is 2.89 bits per heavy atom. The molecule has 0 fully saturated rings. The van der Waals surface area contributed by atoms with Gasteiger partial charge in [0.05, 0.1) is 19.1 Å². The predicted octanol–water partition coefficient (Wildman–Crippen LogP) is 2.21. The van der Waals surface area contributed by atoms with Gasteiger partial charge in [-0.05, 0) is 25.1 Å². The average Bonchev–Trinajstić information content (AvgIpc) is 2.25. The highest BCUT2D eigenvalue weighted by molar-refractivity contribution is 6.30. The Kier molecular flexibility index (Phi) is 5.88. The van der Waals surface area contributed by atoms with Crippen LogP contribution in [0.1, 0.15) is 13.3 Å². The second-order valence-electron chi connectivity index (χ2n) is 3.70. The summed E-state index contributed by atoms with van der Waals surface area (Å²) in [6, 6.07) is 3.96. The molecule has 1 atom stereocenters. The summed E-state index contributed by atoms with van der Waals surface area (Å²) >= 11 is 5.67. The molecule has 2 N–H and O–H groups in total. The Morgan fingerprint density at radius 2 is 2.28 bits per heavy atom. The van der Waals surface area contributed by atoms with E-state index in [1.807, 2.05) is 0 Å². The smallest absolute Gasteiger partial charge is 0.308 e. The number of rotatable bonds is 6. The van der Waals surface area contributed by atoms with Crippen LogP contribution in [0.3, 0.4) is 0 Å². The zero-order valence-electron chi connectivity index (χ0n) is 9.95. The standard InChI is InChI=1S/C12H15ClFNO3/c1-2-18-12(17)6-11(16)7-15-10-4-8(13)3-9(14)5-10/h3-5,11,15-16H,2,6-7H2,1H3. The molecule has 100 valence electrons. The van der Waals surface area contributed by atoms with Crippen LogP contribution in [-0.2, 0) is 9.53 Å². The molecule has 0 radical (unpaired) electrons. The molecular formula is C12H15ClFNO3. The molecule has 0 aliphatic carbocycles. The van der Waals surface area contributed by atoms with Gasteiger partial charge in [0.15, 0.2) is 0 Å². The lowest BCUT2D eigenvalue weighted by Crippen LogP contribution is -2.23. The number of halogens is 2. The highest BCUT2D eigenvalue weighted by atomic mass is 35.5. The summed E-state index contributed by atoms with van der Waals surface area (Å²) in [5.74, 6) is -0.936. The number of hydrogen-bond donors (Lipinski definition) is 2. The molecule has 1 unspecified atom stereocenters. The van der Waals surface area contributed by atoms with Gasteiger partial charge >= 0.3 is 5.97 Å². The van der Waals surface area contributed by atoms with Crippen LogP contribution >= 0.6 is 11.6 Å². The largest absolute Gasteiger partial charge is 0.466 e. The summed E-state index contributed by atoms with van der Waals surface area (Å²) in [5, 5.41) is 12.6. The molecule has 0 aliphatic heterocycles. The zero-order valence-corrected chi connectivity index (χ0v) is 10.7. The van der Waals surface area contributed by atoms with Crippen LogP contribution < -0.4 is 5.32 Å². The Balaban J connectivity index is 2.42. The highest BCUT2D eigenvalue weighted by Gasteiger charge is 2.11. The maximum absolute atomic E-state index is 13.0. The van der Waals surface area contributed by atoms with Crippen molar-refractivity contribution in [3.63, 3.8) is 0 Å². The van der Waals surface area contributed by atoms with E-state index in [4.69, 9.17) is 16.3 Å². The molecule has 0 aliphatic rings. The topological polar surface area (TPSA) is 58.6 Å². The second-order valence-corrected chi connectivity index (χ2v) is 4.14. The van der Waals surface area contributed by atoms with Gasteiger partial charge in [-0.2, -0.15) is 0 Å². The molecule has 4 nitrogen and oxygen atoms in total. The summed E-state index contributed by atoms with van der Waals surface area (Å²) in [6.07, 6.45) is -1.00. The van der Waals surface area contributed by atoms with Gasteiger partial charge in [-0.25, -0.2) is 4.39 Å². The molecule has 0 aromatic heterocycles. The molecule has 6 heteroatoms. The Hall–Kier alpha value is -1.33. The Bertz CT molecular complexity index is 394. The Morgan fingerprint density at radius 1 is 1.56 bits per heavy atom. The molecule has 18 heavy (non-hydrogen) atoms. The fraction of sp³-hybridized carbons (Fsp3) is 0.417. The average molecular weight is 276 g/mol. The lowest BCUT2D eigenvalue weighted by molar-refractivity contribution is -0.145. The van der Waals surface area contributed by atoms with Crippen LogP contribution in [0.5, 0.6) is 0 Å². The zero-order chi connectivity index (χ0) is 13.5. The fourth-order valence-corrected chi connectivity index (χ4v) is 1.60. The first-order valence-corrected chi connectivity index (χ1v) is 5.92. The van der Waals surface area contributed by atoms with Crippen molar-refractivity contribution >= 4 is 23.3 Å². The SMILES string of the molecule is CCOC(=O)CC(O)CNc1cc(F)cc(Cl)c1. The van der Waals surface area contributed by atoms with Gasteiger partial charge in [-0.1, -0.05) is 11.6 Å². The number of nitrogens with one attached hydrogen (secondary N) is 1. The van der Waals surface area contributed by atoms with Crippen molar-refractivity contribution in [2.45, 2.75) is 19.4 Å². The van der Waals surface area contributed by atoms with E-state index in [0.717, 1.165) is 0 Å². The number of anilines is 1. The number of esters is 1. The summed E-state index contributed by atoms with van der Waals surface area (Å²) in [5.41, 5.74) is 0.447. The van der Waals surface area contributed by atoms with E-state index in [1.165, 1.54) is 18.2 Å². The van der Waals surface area contributed by atoms with Crippen molar-refractivity contribution in [2.24, 2.45) is 0 Å². The molecule has 0 spiro atoms. The van der Waals surface area contributed by atoms with E-state index in [1.54, 1.807) is 6.92 Å². The minimum Gasteiger partial charge on any atom is -0.466 e. The molecule has 0 saturated heterocycles. The van der Waals surface area contributed by atoms with Gasteiger partial charge in [0.1, 0.15) is 5.82 Å². The number of hydrogen-bond acceptors (Lipinski definition) is 4. The van der Waals surface area contributed by atoms with Crippen LogP contribution in [0.15, 0.2) is 18.2 Å². The molecule has 1 aromatic rings. The second kappa shape index (κ2) is 7.18. The molecule has 1 aromatic carbocycles. The van der Waals surface area contributed by atoms with E-state index in [-0.39, 0.29) is 24.6 Å². The molecule has 0 bridgehead atoms. The fourth-order valence-electron chi connectivity index (χ4n) is 1.38. The number of carbonyl (C=O) groups excluding carboxylic acids is 1. The van der Waals surface area contributed by atoms with E-state index in [2.05, 4.69) is 5.32 Å². The van der Waals surface area contributed by atoms with E-state index >= 15 is 0 Å². The quantitative estimate of drug-likeness (QED) is 0.782. The number of aliphatic hydroxyl groups is 1. The number of benzene rings is 1. The van der Waals surface area contributed by atoms with Gasteiger partial charge in [-0.15, -0.1) is 0 Å². The third-order valence-electron chi connectivity index (χ3n) is 2.11. The van der Waals surface area contributed by atoms with Crippen LogP contribution in [0.2, 0.25) is 5.02 Å². The maximum Gasteiger partial charge on any atom is 0.308 e. The van der Waals surface area contributed by atoms with Gasteiger partial charge in [0, 0.05) is 17.3 Å². The van der Waals surface area contributed by atoms with Crippen LogP contribution in [0.25, 0.3) is 0 Å². The number of aliphatic hydroxyl groups excluding tert-OH is 1. The summed E-state index contributed by atoms with van der Waals surface area (Å²) in [4.78, 5) is 11.1. The number of ether oxygens (including phenoxy) is 1. The summed E-state index contributed by atoms with van der Waals surface area (Å²) in [6.45, 7) is 2.08. The molecule has 0 saturated carbocycles. The van der Waals surface area contributed by atoms with Crippen LogP contribution in [0, 0.1) is 5.82 Å². The van der Waals surface area contributed by atoms with Crippen molar-refractivity contribution in [3.05, 3.63) is 29.0 Å². The first-order chi connectivity index (χ1) is 8.51. The summed E-state index contributed by atoms with van der Waals surface area (Å²) in [7, 11) is 0. The summed E-state index contributed by atoms with van der Waals surface area (Å²) < 4.78 is 17.7. The van der Waals surface area contributed by atoms with Gasteiger partial charge in [-0.3, -0.25) is 4.79 Å². The normalized spacial score (nSPS) is 12.0. The lowest BCUT2D eigenvalue weighted by atomic mass is 10.2. The van der Waals surface area contributed by atoms with Gasteiger partial charge in [0.2, 0.25) is 0 Å². The minimum absolute atomic E-state index is 0.107. The van der Waals surface area contributed by atoms with Crippen molar-refractivity contribution in [1.29, 1.82) is 0 Å². The predicted molar refractivity (Wildman–Crippen MR) is 67.2 cm³/mol. The van der Waals surface area contributed by atoms with Crippen molar-refractivity contribution in [2.75, 3.05) is 18.5 Å². The minimum atomic E-state index is -0.897. The van der Waals surface area contributed by atoms with Crippen LogP contribution in [-0.4, -0.2) is 30.3 Å². The van der Waals surface area contributed by atoms with Gasteiger partial charge in [0.25, 0.3) is 0 Å². The third-order valence-corrected chi connectivity index (χ3v) is 2.33. The first kappa shape index (κ1) is 14.7. The monoisotopic (exact) mass is 275 g/mol. The van der Waals surface area contributed by atoms with Crippen molar-refractivity contribution in [1.82, 2.24) is 0 Å².